The second-order valence-corrected chi connectivity index (χ2v) is 8.03. The third-order valence-corrected chi connectivity index (χ3v) is 5.51. The summed E-state index contributed by atoms with van der Waals surface area (Å²) >= 11 is 0. The SMILES string of the molecule is CCc1cc(F)c(OCC2COC(c3cc(F)c(-c4cc(F)c(F)c(F)c4)c(F)c3)OC2)c(F)c1. The van der Waals surface area contributed by atoms with Gasteiger partial charge in [-0.3, -0.25) is 0 Å². The van der Waals surface area contributed by atoms with Crippen LogP contribution in [0.25, 0.3) is 11.1 Å². The fraction of sp³-hybridized carbons (Fsp3) is 0.280. The lowest BCUT2D eigenvalue weighted by Gasteiger charge is -2.29. The summed E-state index contributed by atoms with van der Waals surface area (Å²) in [5, 5.41) is 0. The van der Waals surface area contributed by atoms with Crippen molar-refractivity contribution in [3.8, 4) is 16.9 Å². The van der Waals surface area contributed by atoms with Crippen LogP contribution in [0.1, 0.15) is 24.3 Å². The largest absolute Gasteiger partial charge is 0.487 e. The lowest BCUT2D eigenvalue weighted by atomic mass is 10.0. The minimum Gasteiger partial charge on any atom is -0.487 e. The van der Waals surface area contributed by atoms with Gasteiger partial charge in [0.05, 0.1) is 25.4 Å². The summed E-state index contributed by atoms with van der Waals surface area (Å²) in [4.78, 5) is 0. The zero-order valence-electron chi connectivity index (χ0n) is 18.3. The van der Waals surface area contributed by atoms with E-state index in [-0.39, 0.29) is 25.4 Å². The molecular formula is C25H19F7O3. The van der Waals surface area contributed by atoms with Crippen molar-refractivity contribution < 1.29 is 44.9 Å². The van der Waals surface area contributed by atoms with E-state index in [0.29, 0.717) is 24.1 Å². The lowest BCUT2D eigenvalue weighted by Crippen LogP contribution is -2.31. The van der Waals surface area contributed by atoms with Crippen molar-refractivity contribution in [1.29, 1.82) is 0 Å². The first-order valence-corrected chi connectivity index (χ1v) is 10.7. The Labute approximate surface area is 196 Å². The fourth-order valence-corrected chi connectivity index (χ4v) is 3.69. The molecule has 0 aromatic heterocycles. The number of hydrogen-bond acceptors (Lipinski definition) is 3. The average molecular weight is 500 g/mol. The van der Waals surface area contributed by atoms with Gasteiger partial charge in [0.15, 0.2) is 41.1 Å². The van der Waals surface area contributed by atoms with Crippen LogP contribution >= 0.6 is 0 Å². The Kier molecular flexibility index (Phi) is 7.32. The monoisotopic (exact) mass is 500 g/mol. The Morgan fingerprint density at radius 1 is 0.743 bits per heavy atom. The van der Waals surface area contributed by atoms with E-state index in [2.05, 4.69) is 0 Å². The maximum atomic E-state index is 14.6. The number of halogens is 7. The molecule has 0 N–H and O–H groups in total. The molecule has 0 radical (unpaired) electrons. The maximum absolute atomic E-state index is 14.6. The normalized spacial score (nSPS) is 18.1. The highest BCUT2D eigenvalue weighted by Crippen LogP contribution is 2.34. The Morgan fingerprint density at radius 3 is 1.80 bits per heavy atom. The molecule has 0 atom stereocenters. The van der Waals surface area contributed by atoms with Gasteiger partial charge in [0.25, 0.3) is 0 Å². The zero-order valence-corrected chi connectivity index (χ0v) is 18.3. The van der Waals surface area contributed by atoms with Gasteiger partial charge in [-0.2, -0.15) is 0 Å². The Morgan fingerprint density at radius 2 is 1.29 bits per heavy atom. The van der Waals surface area contributed by atoms with Gasteiger partial charge >= 0.3 is 0 Å². The van der Waals surface area contributed by atoms with Crippen molar-refractivity contribution in [2.45, 2.75) is 19.6 Å². The zero-order chi connectivity index (χ0) is 25.3. The summed E-state index contributed by atoms with van der Waals surface area (Å²) in [5.74, 6) is -9.85. The van der Waals surface area contributed by atoms with E-state index in [9.17, 15) is 30.7 Å². The van der Waals surface area contributed by atoms with Crippen molar-refractivity contribution in [2.24, 2.45) is 5.92 Å². The number of rotatable bonds is 6. The maximum Gasteiger partial charge on any atom is 0.194 e. The molecule has 3 aromatic carbocycles. The minimum absolute atomic E-state index is 0.000320. The van der Waals surface area contributed by atoms with Gasteiger partial charge in [0.1, 0.15) is 11.6 Å². The van der Waals surface area contributed by atoms with E-state index in [0.717, 1.165) is 12.1 Å². The van der Waals surface area contributed by atoms with Crippen molar-refractivity contribution >= 4 is 0 Å². The number of aryl methyl sites for hydroxylation is 1. The van der Waals surface area contributed by atoms with Gasteiger partial charge in [-0.1, -0.05) is 6.92 Å². The van der Waals surface area contributed by atoms with E-state index < -0.39 is 69.8 Å². The minimum atomic E-state index is -1.75. The Balaban J connectivity index is 1.42. The van der Waals surface area contributed by atoms with Crippen LogP contribution in [0.2, 0.25) is 0 Å². The van der Waals surface area contributed by atoms with E-state index in [4.69, 9.17) is 14.2 Å². The van der Waals surface area contributed by atoms with Crippen LogP contribution in [-0.2, 0) is 15.9 Å². The highest BCUT2D eigenvalue weighted by molar-refractivity contribution is 5.65. The highest BCUT2D eigenvalue weighted by Gasteiger charge is 2.27. The molecule has 1 aliphatic rings. The smallest absolute Gasteiger partial charge is 0.194 e. The summed E-state index contributed by atoms with van der Waals surface area (Å²) in [6.07, 6.45) is -0.706. The van der Waals surface area contributed by atoms with E-state index >= 15 is 0 Å². The molecule has 1 saturated heterocycles. The second kappa shape index (κ2) is 10.2. The topological polar surface area (TPSA) is 27.7 Å². The summed E-state index contributed by atoms with van der Waals surface area (Å²) < 4.78 is 114. The van der Waals surface area contributed by atoms with Gasteiger partial charge in [-0.15, -0.1) is 0 Å². The fourth-order valence-electron chi connectivity index (χ4n) is 3.69. The van der Waals surface area contributed by atoms with Crippen molar-refractivity contribution in [2.75, 3.05) is 19.8 Å². The van der Waals surface area contributed by atoms with Crippen LogP contribution < -0.4 is 4.74 Å². The van der Waals surface area contributed by atoms with Gasteiger partial charge in [-0.25, -0.2) is 30.7 Å². The summed E-state index contributed by atoms with van der Waals surface area (Å²) in [6, 6.07) is 5.09. The summed E-state index contributed by atoms with van der Waals surface area (Å²) in [7, 11) is 0. The van der Waals surface area contributed by atoms with Crippen LogP contribution in [0.4, 0.5) is 30.7 Å². The molecule has 4 rings (SSSR count). The van der Waals surface area contributed by atoms with Crippen molar-refractivity contribution in [1.82, 2.24) is 0 Å². The van der Waals surface area contributed by atoms with E-state index in [1.807, 2.05) is 0 Å². The second-order valence-electron chi connectivity index (χ2n) is 8.03. The van der Waals surface area contributed by atoms with Crippen LogP contribution in [0, 0.1) is 46.6 Å². The van der Waals surface area contributed by atoms with Crippen LogP contribution in [0.15, 0.2) is 36.4 Å². The molecule has 0 bridgehead atoms. The molecule has 0 aliphatic carbocycles. The molecule has 1 aliphatic heterocycles. The predicted octanol–water partition coefficient (Wildman–Crippen LogP) is 6.63. The van der Waals surface area contributed by atoms with Crippen LogP contribution in [0.3, 0.4) is 0 Å². The van der Waals surface area contributed by atoms with Gasteiger partial charge in [0, 0.05) is 11.5 Å². The molecule has 0 unspecified atom stereocenters. The van der Waals surface area contributed by atoms with Gasteiger partial charge < -0.3 is 14.2 Å². The molecule has 186 valence electrons. The summed E-state index contributed by atoms with van der Waals surface area (Å²) in [6.45, 7) is 1.63. The van der Waals surface area contributed by atoms with Gasteiger partial charge in [-0.05, 0) is 53.9 Å². The molecular weight excluding hydrogens is 481 g/mol. The Bertz CT molecular complexity index is 1170. The highest BCUT2D eigenvalue weighted by atomic mass is 19.2. The quantitative estimate of drug-likeness (QED) is 0.281. The number of benzene rings is 3. The van der Waals surface area contributed by atoms with E-state index in [1.165, 1.54) is 12.1 Å². The number of ether oxygens (including phenoxy) is 3. The third-order valence-electron chi connectivity index (χ3n) is 5.51. The standard InChI is InChI=1S/C25H19F7O3/c1-2-12-3-20(30)24(21(31)4-12)33-9-13-10-34-25(35-11-13)15-7-16(26)22(17(27)8-15)14-5-18(28)23(32)19(29)6-14/h3-8,13,25H,2,9-11H2,1H3. The predicted molar refractivity (Wildman–Crippen MR) is 111 cm³/mol. The van der Waals surface area contributed by atoms with Crippen molar-refractivity contribution in [3.05, 3.63) is 88.2 Å². The number of hydrogen-bond donors (Lipinski definition) is 0. The molecule has 3 aromatic rings. The molecule has 0 spiro atoms. The first-order chi connectivity index (χ1) is 16.7. The molecule has 3 nitrogen and oxygen atoms in total. The average Bonchev–Trinajstić information content (AvgIpc) is 2.81. The Hall–Kier alpha value is -3.11. The van der Waals surface area contributed by atoms with Crippen LogP contribution in [0.5, 0.6) is 5.75 Å². The van der Waals surface area contributed by atoms with Gasteiger partial charge in [0.2, 0.25) is 0 Å². The third kappa shape index (κ3) is 5.28. The lowest BCUT2D eigenvalue weighted by molar-refractivity contribution is -0.209. The molecule has 0 saturated carbocycles. The van der Waals surface area contributed by atoms with Crippen molar-refractivity contribution in [3.63, 3.8) is 0 Å². The molecule has 1 fully saturated rings. The molecule has 10 heteroatoms. The first kappa shape index (κ1) is 25.0. The van der Waals surface area contributed by atoms with E-state index in [1.54, 1.807) is 6.92 Å². The first-order valence-electron chi connectivity index (χ1n) is 10.7. The molecule has 1 heterocycles. The summed E-state index contributed by atoms with van der Waals surface area (Å²) in [5.41, 5.74) is -0.818. The molecule has 35 heavy (non-hydrogen) atoms. The molecule has 0 amide bonds. The van der Waals surface area contributed by atoms with Crippen LogP contribution in [-0.4, -0.2) is 19.8 Å².